The zero-order chi connectivity index (χ0) is 16.9. The number of halogens is 6. The van der Waals surface area contributed by atoms with Crippen LogP contribution < -0.4 is 0 Å². The van der Waals surface area contributed by atoms with Gasteiger partial charge < -0.3 is 10.2 Å². The Morgan fingerprint density at radius 3 is 2.18 bits per heavy atom. The number of aryl methyl sites for hydroxylation is 1. The molecule has 0 bridgehead atoms. The fourth-order valence-electron chi connectivity index (χ4n) is 2.14. The van der Waals surface area contributed by atoms with Crippen molar-refractivity contribution in [3.63, 3.8) is 0 Å². The predicted molar refractivity (Wildman–Crippen MR) is 73.6 cm³/mol. The number of hydrogen-bond acceptors (Lipinski definition) is 3. The minimum absolute atomic E-state index is 0.219. The van der Waals surface area contributed by atoms with E-state index >= 15 is 0 Å². The largest absolute Gasteiger partial charge is 0.505 e. The SMILES string of the molecule is Cc1cc(C(O)(C(F)(F)Cl)C(F)(F)Cl)c(O)c2ncccc12. The van der Waals surface area contributed by atoms with E-state index in [2.05, 4.69) is 28.2 Å². The van der Waals surface area contributed by atoms with Crippen molar-refractivity contribution in [1.82, 2.24) is 4.98 Å². The maximum Gasteiger partial charge on any atom is 0.361 e. The molecule has 0 fully saturated rings. The van der Waals surface area contributed by atoms with Gasteiger partial charge in [-0.3, -0.25) is 4.98 Å². The molecule has 1 aromatic heterocycles. The summed E-state index contributed by atoms with van der Waals surface area (Å²) in [7, 11) is 0. The van der Waals surface area contributed by atoms with Crippen molar-refractivity contribution in [1.29, 1.82) is 0 Å². The summed E-state index contributed by atoms with van der Waals surface area (Å²) >= 11 is 9.31. The van der Waals surface area contributed by atoms with Crippen molar-refractivity contribution in [3.8, 4) is 5.75 Å². The summed E-state index contributed by atoms with van der Waals surface area (Å²) in [4.78, 5) is 3.74. The highest BCUT2D eigenvalue weighted by molar-refractivity contribution is 6.26. The van der Waals surface area contributed by atoms with Gasteiger partial charge in [-0.2, -0.15) is 17.6 Å². The first kappa shape index (κ1) is 17.1. The zero-order valence-corrected chi connectivity index (χ0v) is 12.4. The second-order valence-corrected chi connectivity index (χ2v) is 5.64. The molecule has 2 N–H and O–H groups in total. The molecule has 0 amide bonds. The number of phenols is 1. The normalized spacial score (nSPS) is 13.6. The van der Waals surface area contributed by atoms with Crippen LogP contribution in [0.15, 0.2) is 24.4 Å². The fraction of sp³-hybridized carbons (Fsp3) is 0.308. The van der Waals surface area contributed by atoms with Gasteiger partial charge in [0.15, 0.2) is 0 Å². The lowest BCUT2D eigenvalue weighted by Gasteiger charge is -2.35. The highest BCUT2D eigenvalue weighted by Crippen LogP contribution is 2.55. The molecule has 0 atom stereocenters. The molecule has 2 rings (SSSR count). The summed E-state index contributed by atoms with van der Waals surface area (Å²) < 4.78 is 53.9. The van der Waals surface area contributed by atoms with Gasteiger partial charge in [-0.25, -0.2) is 0 Å². The van der Waals surface area contributed by atoms with Crippen LogP contribution in [0.2, 0.25) is 0 Å². The van der Waals surface area contributed by atoms with Crippen molar-refractivity contribution in [2.45, 2.75) is 23.3 Å². The monoisotopic (exact) mass is 357 g/mol. The summed E-state index contributed by atoms with van der Waals surface area (Å²) in [5.74, 6) is -1.05. The second kappa shape index (κ2) is 5.11. The molecule has 22 heavy (non-hydrogen) atoms. The van der Waals surface area contributed by atoms with Crippen molar-refractivity contribution in [2.75, 3.05) is 0 Å². The number of pyridine rings is 1. The van der Waals surface area contributed by atoms with Gasteiger partial charge in [-0.05, 0) is 47.8 Å². The molecule has 0 spiro atoms. The first-order valence-electron chi connectivity index (χ1n) is 5.85. The molecule has 0 aliphatic heterocycles. The average molecular weight is 358 g/mol. The fourth-order valence-corrected chi connectivity index (χ4v) is 2.63. The Balaban J connectivity index is 2.91. The van der Waals surface area contributed by atoms with E-state index in [0.717, 1.165) is 6.07 Å². The van der Waals surface area contributed by atoms with E-state index in [9.17, 15) is 27.8 Å². The summed E-state index contributed by atoms with van der Waals surface area (Å²) in [6.45, 7) is 1.41. The lowest BCUT2D eigenvalue weighted by atomic mass is 9.90. The van der Waals surface area contributed by atoms with E-state index in [4.69, 9.17) is 0 Å². The van der Waals surface area contributed by atoms with Gasteiger partial charge in [0.05, 0.1) is 0 Å². The van der Waals surface area contributed by atoms with E-state index in [1.54, 1.807) is 0 Å². The van der Waals surface area contributed by atoms with Crippen LogP contribution in [0.5, 0.6) is 5.75 Å². The molecule has 0 saturated carbocycles. The van der Waals surface area contributed by atoms with Gasteiger partial charge in [0.1, 0.15) is 11.3 Å². The maximum atomic E-state index is 13.5. The van der Waals surface area contributed by atoms with Crippen LogP contribution in [0.1, 0.15) is 11.1 Å². The summed E-state index contributed by atoms with van der Waals surface area (Å²) in [5, 5.41) is 10.5. The molecule has 0 unspecified atom stereocenters. The van der Waals surface area contributed by atoms with Crippen LogP contribution in [0, 0.1) is 6.92 Å². The number of fused-ring (bicyclic) bond motifs is 1. The molecule has 2 aromatic rings. The van der Waals surface area contributed by atoms with Crippen molar-refractivity contribution >= 4 is 34.1 Å². The number of aliphatic hydroxyl groups is 1. The third-order valence-electron chi connectivity index (χ3n) is 3.28. The Morgan fingerprint density at radius 2 is 1.68 bits per heavy atom. The van der Waals surface area contributed by atoms with Crippen molar-refractivity contribution in [2.24, 2.45) is 0 Å². The predicted octanol–water partition coefficient (Wildman–Crippen LogP) is 4.10. The average Bonchev–Trinajstić information content (AvgIpc) is 2.39. The van der Waals surface area contributed by atoms with Crippen LogP contribution in [0.3, 0.4) is 0 Å². The molecular weight excluding hydrogens is 349 g/mol. The van der Waals surface area contributed by atoms with E-state index in [1.165, 1.54) is 25.3 Å². The number of aromatic hydroxyl groups is 1. The van der Waals surface area contributed by atoms with Crippen LogP contribution in [0.25, 0.3) is 10.9 Å². The number of rotatable bonds is 3. The van der Waals surface area contributed by atoms with E-state index < -0.39 is 27.7 Å². The van der Waals surface area contributed by atoms with Gasteiger partial charge in [-0.15, -0.1) is 0 Å². The number of benzene rings is 1. The Kier molecular flexibility index (Phi) is 3.96. The van der Waals surface area contributed by atoms with Crippen molar-refractivity contribution in [3.05, 3.63) is 35.5 Å². The third kappa shape index (κ3) is 2.37. The molecule has 0 radical (unpaired) electrons. The third-order valence-corrected chi connectivity index (χ3v) is 3.83. The van der Waals surface area contributed by atoms with Gasteiger partial charge in [0.2, 0.25) is 0 Å². The smallest absolute Gasteiger partial charge is 0.361 e. The van der Waals surface area contributed by atoms with Crippen molar-refractivity contribution < 1.29 is 27.8 Å². The number of aromatic nitrogens is 1. The lowest BCUT2D eigenvalue weighted by Crippen LogP contribution is -2.52. The highest BCUT2D eigenvalue weighted by atomic mass is 35.5. The van der Waals surface area contributed by atoms with Gasteiger partial charge >= 0.3 is 10.8 Å². The van der Waals surface area contributed by atoms with E-state index in [1.807, 2.05) is 0 Å². The van der Waals surface area contributed by atoms with Crippen LogP contribution in [-0.4, -0.2) is 26.0 Å². The summed E-state index contributed by atoms with van der Waals surface area (Å²) in [5.41, 5.74) is -5.56. The Labute approximate surface area is 132 Å². The number of hydrogen-bond donors (Lipinski definition) is 2. The summed E-state index contributed by atoms with van der Waals surface area (Å²) in [6.07, 6.45) is 1.22. The Hall–Kier alpha value is -1.31. The Morgan fingerprint density at radius 1 is 1.14 bits per heavy atom. The minimum atomic E-state index is -4.86. The lowest BCUT2D eigenvalue weighted by molar-refractivity contribution is -0.225. The van der Waals surface area contributed by atoms with Crippen LogP contribution in [-0.2, 0) is 5.60 Å². The van der Waals surface area contributed by atoms with Crippen LogP contribution >= 0.6 is 23.2 Å². The van der Waals surface area contributed by atoms with Gasteiger partial charge in [-0.1, -0.05) is 6.07 Å². The highest BCUT2D eigenvalue weighted by Gasteiger charge is 2.69. The zero-order valence-electron chi connectivity index (χ0n) is 10.9. The molecule has 9 heteroatoms. The van der Waals surface area contributed by atoms with Gasteiger partial charge in [0.25, 0.3) is 5.60 Å². The molecule has 0 aliphatic carbocycles. The van der Waals surface area contributed by atoms with Gasteiger partial charge in [0, 0.05) is 17.1 Å². The first-order valence-corrected chi connectivity index (χ1v) is 6.60. The standard InChI is InChI=1S/C13H9Cl2F4NO2/c1-6-5-8(10(21)9-7(6)3-2-4-20-9)11(22,12(14,16)17)13(15,18)19/h2-5,21-22H,1H3. The number of phenolic OH excluding ortho intramolecular Hbond substituents is 1. The molecule has 0 aliphatic rings. The summed E-state index contributed by atoms with van der Waals surface area (Å²) in [6, 6.07) is 3.77. The molecule has 1 aromatic carbocycles. The number of alkyl halides is 6. The molecule has 0 saturated heterocycles. The minimum Gasteiger partial charge on any atom is -0.505 e. The van der Waals surface area contributed by atoms with Crippen LogP contribution in [0.4, 0.5) is 17.6 Å². The molecule has 1 heterocycles. The van der Waals surface area contributed by atoms with E-state index in [0.29, 0.717) is 5.39 Å². The first-order chi connectivity index (χ1) is 9.91. The van der Waals surface area contributed by atoms with E-state index in [-0.39, 0.29) is 11.1 Å². The maximum absolute atomic E-state index is 13.5. The quantitative estimate of drug-likeness (QED) is 0.642. The topological polar surface area (TPSA) is 53.4 Å². The molecular formula is C13H9Cl2F4NO2. The Bertz CT molecular complexity index is 714. The molecule has 3 nitrogen and oxygen atoms in total. The number of nitrogens with zero attached hydrogens (tertiary/aromatic N) is 1. The molecule has 120 valence electrons. The second-order valence-electron chi connectivity index (χ2n) is 4.70.